The number of pyridine rings is 1. The summed E-state index contributed by atoms with van der Waals surface area (Å²) in [5.41, 5.74) is 10.3. The topological polar surface area (TPSA) is 56.0 Å². The monoisotopic (exact) mass is 378 g/mol. The molecule has 0 aliphatic heterocycles. The number of carbonyl (C=O) groups excluding carboxylic acids is 1. The lowest BCUT2D eigenvalue weighted by molar-refractivity contribution is 0.104. The van der Waals surface area contributed by atoms with Crippen molar-refractivity contribution in [1.82, 2.24) is 4.98 Å². The van der Waals surface area contributed by atoms with Crippen LogP contribution >= 0.6 is 22.9 Å². The number of hydrogen-bond donors (Lipinski definition) is 1. The quantitative estimate of drug-likeness (QED) is 0.462. The number of aryl methyl sites for hydroxylation is 1. The van der Waals surface area contributed by atoms with Crippen molar-refractivity contribution >= 4 is 44.6 Å². The molecule has 2 N–H and O–H groups in total. The molecule has 4 rings (SSSR count). The van der Waals surface area contributed by atoms with E-state index in [2.05, 4.69) is 0 Å². The van der Waals surface area contributed by atoms with Crippen LogP contribution in [0.3, 0.4) is 0 Å². The molecule has 2 aromatic carbocycles. The van der Waals surface area contributed by atoms with E-state index in [-0.39, 0.29) is 5.78 Å². The number of nitrogen functional groups attached to an aromatic ring is 1. The summed E-state index contributed by atoms with van der Waals surface area (Å²) in [6.45, 7) is 1.99. The van der Waals surface area contributed by atoms with Gasteiger partial charge in [0.05, 0.1) is 11.4 Å². The van der Waals surface area contributed by atoms with Gasteiger partial charge in [-0.2, -0.15) is 0 Å². The molecule has 128 valence electrons. The second-order valence-electron chi connectivity index (χ2n) is 6.10. The summed E-state index contributed by atoms with van der Waals surface area (Å²) in [6.07, 6.45) is 0. The maximum absolute atomic E-state index is 12.8. The minimum atomic E-state index is -0.0708. The lowest BCUT2D eigenvalue weighted by Gasteiger charge is -2.01. The van der Waals surface area contributed by atoms with Crippen molar-refractivity contribution in [3.8, 4) is 11.3 Å². The first-order valence-electron chi connectivity index (χ1n) is 8.09. The molecule has 0 amide bonds. The van der Waals surface area contributed by atoms with E-state index in [9.17, 15) is 4.79 Å². The van der Waals surface area contributed by atoms with Gasteiger partial charge in [0.1, 0.15) is 9.71 Å². The Morgan fingerprint density at radius 2 is 1.69 bits per heavy atom. The van der Waals surface area contributed by atoms with Gasteiger partial charge in [0.25, 0.3) is 0 Å². The number of carbonyl (C=O) groups is 1. The zero-order valence-corrected chi connectivity index (χ0v) is 15.6. The third-order valence-electron chi connectivity index (χ3n) is 4.25. The zero-order valence-electron chi connectivity index (χ0n) is 14.0. The Morgan fingerprint density at radius 3 is 2.38 bits per heavy atom. The fourth-order valence-electron chi connectivity index (χ4n) is 2.78. The van der Waals surface area contributed by atoms with Gasteiger partial charge in [0.15, 0.2) is 0 Å². The number of hydrogen-bond acceptors (Lipinski definition) is 4. The fraction of sp³-hybridized carbons (Fsp3) is 0.0476. The highest BCUT2D eigenvalue weighted by atomic mass is 35.5. The minimum Gasteiger partial charge on any atom is -0.397 e. The van der Waals surface area contributed by atoms with E-state index in [1.165, 1.54) is 11.3 Å². The molecule has 0 aliphatic rings. The van der Waals surface area contributed by atoms with Gasteiger partial charge in [-0.25, -0.2) is 4.98 Å². The van der Waals surface area contributed by atoms with Crippen LogP contribution in [0.4, 0.5) is 5.69 Å². The molecule has 0 unspecified atom stereocenters. The number of thiophene rings is 1. The number of anilines is 1. The number of benzene rings is 2. The van der Waals surface area contributed by atoms with Crippen LogP contribution in [-0.2, 0) is 0 Å². The normalized spacial score (nSPS) is 11.0. The van der Waals surface area contributed by atoms with E-state index in [1.807, 2.05) is 67.6 Å². The van der Waals surface area contributed by atoms with Crippen LogP contribution < -0.4 is 5.73 Å². The van der Waals surface area contributed by atoms with Gasteiger partial charge in [-0.3, -0.25) is 4.79 Å². The highest BCUT2D eigenvalue weighted by Crippen LogP contribution is 2.35. The largest absolute Gasteiger partial charge is 0.397 e. The van der Waals surface area contributed by atoms with Crippen LogP contribution in [0.15, 0.2) is 60.7 Å². The maximum atomic E-state index is 12.8. The molecular weight excluding hydrogens is 364 g/mol. The lowest BCUT2D eigenvalue weighted by atomic mass is 10.1. The highest BCUT2D eigenvalue weighted by Gasteiger charge is 2.19. The van der Waals surface area contributed by atoms with Gasteiger partial charge < -0.3 is 5.73 Å². The Hall–Kier alpha value is -2.69. The van der Waals surface area contributed by atoms with Gasteiger partial charge >= 0.3 is 0 Å². The molecule has 2 aromatic heterocycles. The molecule has 0 saturated heterocycles. The number of halogens is 1. The Balaban J connectivity index is 1.77. The van der Waals surface area contributed by atoms with Crippen molar-refractivity contribution in [2.24, 2.45) is 0 Å². The molecule has 0 fully saturated rings. The van der Waals surface area contributed by atoms with Gasteiger partial charge in [-0.15, -0.1) is 11.3 Å². The number of nitrogens with two attached hydrogens (primary N) is 1. The lowest BCUT2D eigenvalue weighted by Crippen LogP contribution is -2.01. The standard InChI is InChI=1S/C21H15ClN2OS/c1-12-2-4-14(5-3-12)19(25)20-18(23)16-10-11-17(24-21(16)26-20)13-6-8-15(22)9-7-13/h2-11H,23H2,1H3. The van der Waals surface area contributed by atoms with Gasteiger partial charge in [0.2, 0.25) is 5.78 Å². The Kier molecular flexibility index (Phi) is 4.23. The third kappa shape index (κ3) is 2.98. The predicted octanol–water partition coefficient (Wildman–Crippen LogP) is 5.74. The van der Waals surface area contributed by atoms with E-state index in [0.29, 0.717) is 21.2 Å². The van der Waals surface area contributed by atoms with Crippen LogP contribution in [0, 0.1) is 6.92 Å². The van der Waals surface area contributed by atoms with Crippen molar-refractivity contribution in [2.45, 2.75) is 6.92 Å². The number of fused-ring (bicyclic) bond motifs is 1. The molecule has 0 spiro atoms. The Morgan fingerprint density at radius 1 is 1.00 bits per heavy atom. The van der Waals surface area contributed by atoms with E-state index in [0.717, 1.165) is 27.0 Å². The maximum Gasteiger partial charge on any atom is 0.205 e. The van der Waals surface area contributed by atoms with Crippen molar-refractivity contribution in [1.29, 1.82) is 0 Å². The fourth-order valence-corrected chi connectivity index (χ4v) is 3.97. The smallest absolute Gasteiger partial charge is 0.205 e. The average Bonchev–Trinajstić information content (AvgIpc) is 2.98. The van der Waals surface area contributed by atoms with Crippen LogP contribution in [-0.4, -0.2) is 10.8 Å². The summed E-state index contributed by atoms with van der Waals surface area (Å²) in [5.74, 6) is -0.0708. The van der Waals surface area contributed by atoms with Crippen LogP contribution in [0.1, 0.15) is 20.8 Å². The average molecular weight is 379 g/mol. The summed E-state index contributed by atoms with van der Waals surface area (Å²) in [7, 11) is 0. The van der Waals surface area contributed by atoms with E-state index < -0.39 is 0 Å². The van der Waals surface area contributed by atoms with E-state index in [1.54, 1.807) is 0 Å². The van der Waals surface area contributed by atoms with Gasteiger partial charge in [-0.1, -0.05) is 53.6 Å². The summed E-state index contributed by atoms with van der Waals surface area (Å²) >= 11 is 7.28. The molecule has 0 aliphatic carbocycles. The van der Waals surface area contributed by atoms with Crippen molar-refractivity contribution < 1.29 is 4.79 Å². The molecule has 3 nitrogen and oxygen atoms in total. The van der Waals surface area contributed by atoms with Gasteiger partial charge in [0, 0.05) is 21.5 Å². The Labute approximate surface area is 160 Å². The molecule has 0 radical (unpaired) electrons. The first-order chi connectivity index (χ1) is 12.5. The molecular formula is C21H15ClN2OS. The third-order valence-corrected chi connectivity index (χ3v) is 5.62. The summed E-state index contributed by atoms with van der Waals surface area (Å²) in [4.78, 5) is 18.8. The van der Waals surface area contributed by atoms with Crippen molar-refractivity contribution in [3.63, 3.8) is 0 Å². The first-order valence-corrected chi connectivity index (χ1v) is 9.29. The van der Waals surface area contributed by atoms with Crippen LogP contribution in [0.2, 0.25) is 5.02 Å². The molecule has 0 atom stereocenters. The number of ketones is 1. The Bertz CT molecular complexity index is 1120. The minimum absolute atomic E-state index is 0.0708. The predicted molar refractivity (Wildman–Crippen MR) is 109 cm³/mol. The molecule has 0 saturated carbocycles. The number of aromatic nitrogens is 1. The molecule has 5 heteroatoms. The van der Waals surface area contributed by atoms with Crippen molar-refractivity contribution in [3.05, 3.63) is 81.7 Å². The second-order valence-corrected chi connectivity index (χ2v) is 7.53. The molecule has 2 heterocycles. The summed E-state index contributed by atoms with van der Waals surface area (Å²) < 4.78 is 0. The molecule has 4 aromatic rings. The van der Waals surface area contributed by atoms with Crippen LogP contribution in [0.25, 0.3) is 21.5 Å². The number of rotatable bonds is 3. The van der Waals surface area contributed by atoms with E-state index >= 15 is 0 Å². The zero-order chi connectivity index (χ0) is 18.3. The molecule has 0 bridgehead atoms. The summed E-state index contributed by atoms with van der Waals surface area (Å²) in [5, 5.41) is 1.49. The summed E-state index contributed by atoms with van der Waals surface area (Å²) in [6, 6.07) is 18.8. The number of nitrogens with zero attached hydrogens (tertiary/aromatic N) is 1. The second kappa shape index (κ2) is 6.56. The first kappa shape index (κ1) is 16.8. The van der Waals surface area contributed by atoms with Crippen molar-refractivity contribution in [2.75, 3.05) is 5.73 Å². The van der Waals surface area contributed by atoms with Crippen LogP contribution in [0.5, 0.6) is 0 Å². The SMILES string of the molecule is Cc1ccc(C(=O)c2sc3nc(-c4ccc(Cl)cc4)ccc3c2N)cc1. The molecule has 26 heavy (non-hydrogen) atoms. The highest BCUT2D eigenvalue weighted by molar-refractivity contribution is 7.21. The van der Waals surface area contributed by atoms with Gasteiger partial charge in [-0.05, 0) is 31.2 Å². The van der Waals surface area contributed by atoms with E-state index in [4.69, 9.17) is 22.3 Å².